The summed E-state index contributed by atoms with van der Waals surface area (Å²) in [5.41, 5.74) is 0.309. The predicted molar refractivity (Wildman–Crippen MR) is 75.2 cm³/mol. The molecule has 1 aromatic rings. The molecular formula is C14H20FN3O2. The van der Waals surface area contributed by atoms with Gasteiger partial charge in [0.15, 0.2) is 0 Å². The quantitative estimate of drug-likeness (QED) is 0.676. The summed E-state index contributed by atoms with van der Waals surface area (Å²) in [4.78, 5) is 11.8. The van der Waals surface area contributed by atoms with Crippen molar-refractivity contribution in [2.45, 2.75) is 25.4 Å². The molecule has 5 nitrogen and oxygen atoms in total. The highest BCUT2D eigenvalue weighted by Crippen LogP contribution is 2.16. The number of rotatable bonds is 3. The monoisotopic (exact) mass is 281 g/mol. The molecule has 1 aliphatic heterocycles. The van der Waals surface area contributed by atoms with Gasteiger partial charge in [0, 0.05) is 18.8 Å². The number of nitrogens with one attached hydrogen (secondary N) is 3. The zero-order valence-corrected chi connectivity index (χ0v) is 11.5. The number of amides is 2. The standard InChI is InChI=1S/C14H20FN3O2/c1-10-7-11(15)3-4-12(10)18-13(19)17-9-14(20)5-2-6-16-8-14/h3-4,7,16,20H,2,5-6,8-9H2,1H3,(H2,17,18,19). The first-order valence-corrected chi connectivity index (χ1v) is 6.73. The molecule has 1 saturated heterocycles. The zero-order chi connectivity index (χ0) is 14.6. The first-order valence-electron chi connectivity index (χ1n) is 6.73. The van der Waals surface area contributed by atoms with Crippen LogP contribution in [0.1, 0.15) is 18.4 Å². The highest BCUT2D eigenvalue weighted by Gasteiger charge is 2.29. The van der Waals surface area contributed by atoms with E-state index in [-0.39, 0.29) is 12.4 Å². The molecule has 20 heavy (non-hydrogen) atoms. The number of β-amino-alcohol motifs (C(OH)–C–C–N with tert-alkyl or cyclic N) is 1. The lowest BCUT2D eigenvalue weighted by Crippen LogP contribution is -2.53. The number of aryl methyl sites for hydroxylation is 1. The normalized spacial score (nSPS) is 22.4. The van der Waals surface area contributed by atoms with Gasteiger partial charge in [-0.05, 0) is 50.1 Å². The number of hydrogen-bond donors (Lipinski definition) is 4. The van der Waals surface area contributed by atoms with E-state index in [1.807, 2.05) is 0 Å². The molecule has 4 N–H and O–H groups in total. The Kier molecular flexibility index (Phi) is 4.57. The average molecular weight is 281 g/mol. The number of carbonyl (C=O) groups excluding carboxylic acids is 1. The van der Waals surface area contributed by atoms with Gasteiger partial charge in [-0.15, -0.1) is 0 Å². The van der Waals surface area contributed by atoms with Crippen molar-refractivity contribution >= 4 is 11.7 Å². The van der Waals surface area contributed by atoms with Gasteiger partial charge in [-0.1, -0.05) is 0 Å². The molecule has 1 aliphatic rings. The predicted octanol–water partition coefficient (Wildman–Crippen LogP) is 1.37. The van der Waals surface area contributed by atoms with Crippen LogP contribution in [-0.4, -0.2) is 36.4 Å². The summed E-state index contributed by atoms with van der Waals surface area (Å²) >= 11 is 0. The van der Waals surface area contributed by atoms with Crippen LogP contribution < -0.4 is 16.0 Å². The molecule has 2 amide bonds. The number of hydrogen-bond acceptors (Lipinski definition) is 3. The molecule has 1 unspecified atom stereocenters. The molecule has 110 valence electrons. The number of benzene rings is 1. The zero-order valence-electron chi connectivity index (χ0n) is 11.5. The summed E-state index contributed by atoms with van der Waals surface area (Å²) in [6.45, 7) is 3.27. The van der Waals surface area contributed by atoms with E-state index in [1.165, 1.54) is 18.2 Å². The molecule has 0 aromatic heterocycles. The second kappa shape index (κ2) is 6.19. The average Bonchev–Trinajstić information content (AvgIpc) is 2.41. The fraction of sp³-hybridized carbons (Fsp3) is 0.500. The Bertz CT molecular complexity index is 487. The molecule has 1 atom stereocenters. The minimum Gasteiger partial charge on any atom is -0.387 e. The third kappa shape index (κ3) is 3.91. The lowest BCUT2D eigenvalue weighted by molar-refractivity contribution is 0.0198. The van der Waals surface area contributed by atoms with E-state index in [1.54, 1.807) is 6.92 Å². The molecule has 0 spiro atoms. The van der Waals surface area contributed by atoms with Crippen molar-refractivity contribution in [3.8, 4) is 0 Å². The summed E-state index contributed by atoms with van der Waals surface area (Å²) in [5, 5.41) is 18.6. The van der Waals surface area contributed by atoms with E-state index >= 15 is 0 Å². The van der Waals surface area contributed by atoms with Gasteiger partial charge in [0.05, 0.1) is 5.60 Å². The third-order valence-electron chi connectivity index (χ3n) is 3.46. The lowest BCUT2D eigenvalue weighted by Gasteiger charge is -2.32. The second-order valence-corrected chi connectivity index (χ2v) is 5.27. The first kappa shape index (κ1) is 14.7. The topological polar surface area (TPSA) is 73.4 Å². The fourth-order valence-electron chi connectivity index (χ4n) is 2.28. The van der Waals surface area contributed by atoms with Crippen LogP contribution in [0.4, 0.5) is 14.9 Å². The highest BCUT2D eigenvalue weighted by atomic mass is 19.1. The van der Waals surface area contributed by atoms with E-state index in [2.05, 4.69) is 16.0 Å². The van der Waals surface area contributed by atoms with E-state index < -0.39 is 11.6 Å². The van der Waals surface area contributed by atoms with Gasteiger partial charge in [-0.3, -0.25) is 0 Å². The lowest BCUT2D eigenvalue weighted by atomic mass is 9.94. The molecular weight excluding hydrogens is 261 g/mol. The highest BCUT2D eigenvalue weighted by molar-refractivity contribution is 5.90. The van der Waals surface area contributed by atoms with Crippen LogP contribution in [0.15, 0.2) is 18.2 Å². The van der Waals surface area contributed by atoms with Crippen LogP contribution in [0.25, 0.3) is 0 Å². The number of aliphatic hydroxyl groups is 1. The van der Waals surface area contributed by atoms with Gasteiger partial charge >= 0.3 is 6.03 Å². The molecule has 0 aliphatic carbocycles. The van der Waals surface area contributed by atoms with Crippen LogP contribution >= 0.6 is 0 Å². The molecule has 2 rings (SSSR count). The Morgan fingerprint density at radius 1 is 1.55 bits per heavy atom. The van der Waals surface area contributed by atoms with Crippen molar-refractivity contribution in [2.24, 2.45) is 0 Å². The maximum Gasteiger partial charge on any atom is 0.319 e. The largest absolute Gasteiger partial charge is 0.387 e. The summed E-state index contributed by atoms with van der Waals surface area (Å²) in [6, 6.07) is 3.76. The van der Waals surface area contributed by atoms with Crippen molar-refractivity contribution in [1.82, 2.24) is 10.6 Å². The summed E-state index contributed by atoms with van der Waals surface area (Å²) in [5.74, 6) is -0.337. The Hall–Kier alpha value is -1.66. The van der Waals surface area contributed by atoms with Crippen molar-refractivity contribution in [3.05, 3.63) is 29.6 Å². The van der Waals surface area contributed by atoms with Crippen LogP contribution in [-0.2, 0) is 0 Å². The molecule has 0 radical (unpaired) electrons. The number of anilines is 1. The van der Waals surface area contributed by atoms with Crippen LogP contribution in [0.3, 0.4) is 0 Å². The second-order valence-electron chi connectivity index (χ2n) is 5.27. The summed E-state index contributed by atoms with van der Waals surface area (Å²) in [6.07, 6.45) is 1.55. The van der Waals surface area contributed by atoms with Crippen molar-refractivity contribution in [2.75, 3.05) is 25.0 Å². The molecule has 1 heterocycles. The Morgan fingerprint density at radius 3 is 3.00 bits per heavy atom. The summed E-state index contributed by atoms with van der Waals surface area (Å²) in [7, 11) is 0. The minimum atomic E-state index is -0.895. The molecule has 6 heteroatoms. The van der Waals surface area contributed by atoms with E-state index in [0.29, 0.717) is 24.2 Å². The van der Waals surface area contributed by atoms with Gasteiger partial charge in [0.1, 0.15) is 5.82 Å². The van der Waals surface area contributed by atoms with E-state index in [0.717, 1.165) is 13.0 Å². The Labute approximate surface area is 117 Å². The van der Waals surface area contributed by atoms with E-state index in [4.69, 9.17) is 0 Å². The van der Waals surface area contributed by atoms with Crippen LogP contribution in [0.5, 0.6) is 0 Å². The number of urea groups is 1. The molecule has 1 aromatic carbocycles. The SMILES string of the molecule is Cc1cc(F)ccc1NC(=O)NCC1(O)CCCNC1. The van der Waals surface area contributed by atoms with E-state index in [9.17, 15) is 14.3 Å². The number of piperidine rings is 1. The maximum absolute atomic E-state index is 13.0. The molecule has 0 saturated carbocycles. The van der Waals surface area contributed by atoms with Crippen molar-refractivity contribution in [3.63, 3.8) is 0 Å². The maximum atomic E-state index is 13.0. The van der Waals surface area contributed by atoms with Gasteiger partial charge in [0.2, 0.25) is 0 Å². The van der Waals surface area contributed by atoms with Gasteiger partial charge in [-0.2, -0.15) is 0 Å². The van der Waals surface area contributed by atoms with Gasteiger partial charge < -0.3 is 21.1 Å². The molecule has 0 bridgehead atoms. The van der Waals surface area contributed by atoms with Crippen molar-refractivity contribution in [1.29, 1.82) is 0 Å². The van der Waals surface area contributed by atoms with Crippen LogP contribution in [0, 0.1) is 12.7 Å². The Morgan fingerprint density at radius 2 is 2.35 bits per heavy atom. The smallest absolute Gasteiger partial charge is 0.319 e. The Balaban J connectivity index is 1.86. The third-order valence-corrected chi connectivity index (χ3v) is 3.46. The summed E-state index contributed by atoms with van der Waals surface area (Å²) < 4.78 is 13.0. The minimum absolute atomic E-state index is 0.187. The van der Waals surface area contributed by atoms with Crippen molar-refractivity contribution < 1.29 is 14.3 Å². The molecule has 1 fully saturated rings. The fourth-order valence-corrected chi connectivity index (χ4v) is 2.28. The van der Waals surface area contributed by atoms with Crippen LogP contribution in [0.2, 0.25) is 0 Å². The first-order chi connectivity index (χ1) is 9.48. The van der Waals surface area contributed by atoms with Gasteiger partial charge in [-0.25, -0.2) is 9.18 Å². The number of halogens is 1. The number of carbonyl (C=O) groups is 1. The van der Waals surface area contributed by atoms with Gasteiger partial charge in [0.25, 0.3) is 0 Å².